The van der Waals surface area contributed by atoms with Gasteiger partial charge in [0.1, 0.15) is 11.2 Å². The van der Waals surface area contributed by atoms with E-state index in [1.807, 2.05) is 60.7 Å². The van der Waals surface area contributed by atoms with Crippen LogP contribution in [0.15, 0.2) is 211 Å². The van der Waals surface area contributed by atoms with Gasteiger partial charge in [0.05, 0.1) is 0 Å². The molecule has 0 amide bonds. The first-order valence-corrected chi connectivity index (χ1v) is 19.4. The molecule has 5 nitrogen and oxygen atoms in total. The Kier molecular flexibility index (Phi) is 8.07. The van der Waals surface area contributed by atoms with Crippen molar-refractivity contribution in [2.24, 2.45) is 0 Å². The molecule has 0 fully saturated rings. The van der Waals surface area contributed by atoms with Gasteiger partial charge in [-0.2, -0.15) is 0 Å². The van der Waals surface area contributed by atoms with Gasteiger partial charge in [-0.15, -0.1) is 0 Å². The fourth-order valence-electron chi connectivity index (χ4n) is 8.04. The summed E-state index contributed by atoms with van der Waals surface area (Å²) in [4.78, 5) is 17.5. The lowest BCUT2D eigenvalue weighted by molar-refractivity contribution is 0.670. The maximum atomic E-state index is 6.91. The molecule has 0 N–H and O–H groups in total. The molecule has 0 radical (unpaired) electrons. The van der Waals surface area contributed by atoms with Gasteiger partial charge in [-0.1, -0.05) is 146 Å². The third kappa shape index (κ3) is 5.94. The third-order valence-corrected chi connectivity index (χ3v) is 10.9. The first-order valence-electron chi connectivity index (χ1n) is 19.4. The number of furan rings is 1. The highest BCUT2D eigenvalue weighted by Crippen LogP contribution is 2.44. The molecule has 11 aromatic rings. The van der Waals surface area contributed by atoms with Crippen LogP contribution in [0.4, 0.5) is 17.1 Å². The molecule has 0 atom stereocenters. The van der Waals surface area contributed by atoms with E-state index >= 15 is 0 Å². The van der Waals surface area contributed by atoms with Crippen LogP contribution in [-0.2, 0) is 0 Å². The summed E-state index contributed by atoms with van der Waals surface area (Å²) in [6.45, 7) is 0. The first-order chi connectivity index (χ1) is 28.7. The number of benzene rings is 9. The van der Waals surface area contributed by atoms with Crippen LogP contribution in [0.1, 0.15) is 0 Å². The maximum absolute atomic E-state index is 6.91. The molecular formula is C53H34N4O. The second-order valence-corrected chi connectivity index (χ2v) is 14.4. The van der Waals surface area contributed by atoms with Crippen molar-refractivity contribution < 1.29 is 4.42 Å². The van der Waals surface area contributed by atoms with Crippen molar-refractivity contribution in [3.05, 3.63) is 206 Å². The predicted molar refractivity (Wildman–Crippen MR) is 239 cm³/mol. The van der Waals surface area contributed by atoms with E-state index in [-0.39, 0.29) is 0 Å². The van der Waals surface area contributed by atoms with E-state index in [2.05, 4.69) is 150 Å². The Balaban J connectivity index is 1.10. The Bertz CT molecular complexity index is 3210. The van der Waals surface area contributed by atoms with Gasteiger partial charge in [0.25, 0.3) is 0 Å². The van der Waals surface area contributed by atoms with Gasteiger partial charge in [-0.3, -0.25) is 0 Å². The molecule has 0 bridgehead atoms. The van der Waals surface area contributed by atoms with E-state index in [1.165, 1.54) is 10.8 Å². The highest BCUT2D eigenvalue weighted by Gasteiger charge is 2.22. The number of hydrogen-bond donors (Lipinski definition) is 0. The molecule has 0 aliphatic heterocycles. The van der Waals surface area contributed by atoms with Gasteiger partial charge in [0.15, 0.2) is 17.5 Å². The summed E-state index contributed by atoms with van der Waals surface area (Å²) in [6.07, 6.45) is 0. The minimum atomic E-state index is 0.587. The minimum absolute atomic E-state index is 0.587. The zero-order valence-electron chi connectivity index (χ0n) is 31.3. The number of para-hydroxylation sites is 1. The lowest BCUT2D eigenvalue weighted by atomic mass is 9.97. The standard InChI is InChI=1S/C53H34N4O/c1-4-15-37(16-5-1)51-54-52(38-17-6-2-7-18-38)56-53(55-51)46-31-30-45(50-49(46)47-33-40-20-12-13-21-41(40)34-48(47)58-50)36-25-27-43(28-26-36)57(42-22-8-3-9-23-42)44-29-24-35-14-10-11-19-39(35)32-44/h1-34H. The van der Waals surface area contributed by atoms with Gasteiger partial charge in [0, 0.05) is 50.1 Å². The van der Waals surface area contributed by atoms with Crippen LogP contribution >= 0.6 is 0 Å². The van der Waals surface area contributed by atoms with Crippen LogP contribution in [0.25, 0.3) is 88.8 Å². The molecule has 0 saturated carbocycles. The zero-order valence-corrected chi connectivity index (χ0v) is 31.3. The summed E-state index contributed by atoms with van der Waals surface area (Å²) >= 11 is 0. The smallest absolute Gasteiger partial charge is 0.164 e. The molecule has 272 valence electrons. The lowest BCUT2D eigenvalue weighted by Crippen LogP contribution is -2.09. The SMILES string of the molecule is c1ccc(-c2nc(-c3ccccc3)nc(-c3ccc(-c4ccc(N(c5ccccc5)c5ccc6ccccc6c5)cc4)c4oc5cc6ccccc6cc5c34)n2)cc1. The Morgan fingerprint density at radius 1 is 0.345 bits per heavy atom. The molecule has 0 saturated heterocycles. The topological polar surface area (TPSA) is 55.1 Å². The van der Waals surface area contributed by atoms with Crippen molar-refractivity contribution in [3.63, 3.8) is 0 Å². The second-order valence-electron chi connectivity index (χ2n) is 14.4. The number of aromatic nitrogens is 3. The summed E-state index contributed by atoms with van der Waals surface area (Å²) in [5.74, 6) is 1.82. The Hall–Kier alpha value is -7.89. The normalized spacial score (nSPS) is 11.4. The van der Waals surface area contributed by atoms with Crippen molar-refractivity contribution >= 4 is 60.5 Å². The largest absolute Gasteiger partial charge is 0.455 e. The summed E-state index contributed by atoms with van der Waals surface area (Å²) in [5.41, 5.74) is 9.59. The van der Waals surface area contributed by atoms with Gasteiger partial charge in [-0.05, 0) is 87.8 Å². The predicted octanol–water partition coefficient (Wildman–Crippen LogP) is 14.2. The Morgan fingerprint density at radius 2 is 0.845 bits per heavy atom. The number of anilines is 3. The first kappa shape index (κ1) is 33.4. The van der Waals surface area contributed by atoms with Crippen LogP contribution in [0, 0.1) is 0 Å². The fraction of sp³-hybridized carbons (Fsp3) is 0. The van der Waals surface area contributed by atoms with Crippen molar-refractivity contribution in [2.75, 3.05) is 4.90 Å². The molecule has 0 aliphatic rings. The average Bonchev–Trinajstić information content (AvgIpc) is 3.67. The number of nitrogens with zero attached hydrogens (tertiary/aromatic N) is 4. The monoisotopic (exact) mass is 742 g/mol. The van der Waals surface area contributed by atoms with Gasteiger partial charge in [0.2, 0.25) is 0 Å². The quantitative estimate of drug-likeness (QED) is 0.163. The van der Waals surface area contributed by atoms with Gasteiger partial charge < -0.3 is 9.32 Å². The van der Waals surface area contributed by atoms with E-state index in [9.17, 15) is 0 Å². The summed E-state index contributed by atoms with van der Waals surface area (Å²) < 4.78 is 6.91. The van der Waals surface area contributed by atoms with Crippen LogP contribution in [0.3, 0.4) is 0 Å². The van der Waals surface area contributed by atoms with Crippen LogP contribution < -0.4 is 4.90 Å². The molecule has 0 aliphatic carbocycles. The van der Waals surface area contributed by atoms with Crippen molar-refractivity contribution in [2.45, 2.75) is 0 Å². The van der Waals surface area contributed by atoms with Crippen LogP contribution in [0.2, 0.25) is 0 Å². The van der Waals surface area contributed by atoms with E-state index in [0.717, 1.165) is 77.6 Å². The van der Waals surface area contributed by atoms with Crippen LogP contribution in [0.5, 0.6) is 0 Å². The molecule has 0 spiro atoms. The molecule has 9 aromatic carbocycles. The van der Waals surface area contributed by atoms with Crippen molar-refractivity contribution in [1.29, 1.82) is 0 Å². The summed E-state index contributed by atoms with van der Waals surface area (Å²) in [5, 5.41) is 6.64. The third-order valence-electron chi connectivity index (χ3n) is 10.9. The Labute approximate surface area is 335 Å². The zero-order chi connectivity index (χ0) is 38.4. The molecular weight excluding hydrogens is 709 g/mol. The molecule has 5 heteroatoms. The highest BCUT2D eigenvalue weighted by atomic mass is 16.3. The fourth-order valence-corrected chi connectivity index (χ4v) is 8.04. The molecule has 2 aromatic heterocycles. The van der Waals surface area contributed by atoms with Crippen LogP contribution in [-0.4, -0.2) is 15.0 Å². The second kappa shape index (κ2) is 14.0. The molecule has 2 heterocycles. The number of rotatable bonds is 7. The number of hydrogen-bond acceptors (Lipinski definition) is 5. The summed E-state index contributed by atoms with van der Waals surface area (Å²) in [7, 11) is 0. The minimum Gasteiger partial charge on any atom is -0.455 e. The number of fused-ring (bicyclic) bond motifs is 5. The molecule has 58 heavy (non-hydrogen) atoms. The lowest BCUT2D eigenvalue weighted by Gasteiger charge is -2.26. The van der Waals surface area contributed by atoms with Crippen molar-refractivity contribution in [3.8, 4) is 45.3 Å². The summed E-state index contributed by atoms with van der Waals surface area (Å²) in [6, 6.07) is 71.6. The Morgan fingerprint density at radius 3 is 1.50 bits per heavy atom. The van der Waals surface area contributed by atoms with E-state index in [4.69, 9.17) is 19.4 Å². The van der Waals surface area contributed by atoms with Gasteiger partial charge in [-0.25, -0.2) is 15.0 Å². The molecule has 11 rings (SSSR count). The maximum Gasteiger partial charge on any atom is 0.164 e. The molecule has 0 unspecified atom stereocenters. The van der Waals surface area contributed by atoms with E-state index in [0.29, 0.717) is 17.5 Å². The van der Waals surface area contributed by atoms with Gasteiger partial charge >= 0.3 is 0 Å². The highest BCUT2D eigenvalue weighted by molar-refractivity contribution is 6.18. The van der Waals surface area contributed by atoms with E-state index < -0.39 is 0 Å². The van der Waals surface area contributed by atoms with E-state index in [1.54, 1.807) is 0 Å². The average molecular weight is 743 g/mol. The van der Waals surface area contributed by atoms with Crippen molar-refractivity contribution in [1.82, 2.24) is 15.0 Å².